The van der Waals surface area contributed by atoms with Gasteiger partial charge in [-0.05, 0) is 12.0 Å². The summed E-state index contributed by atoms with van der Waals surface area (Å²) in [5.41, 5.74) is 6.85. The quantitative estimate of drug-likeness (QED) is 0.808. The Bertz CT molecular complexity index is 430. The molecule has 0 aliphatic heterocycles. The van der Waals surface area contributed by atoms with E-state index in [9.17, 15) is 4.79 Å². The van der Waals surface area contributed by atoms with E-state index in [-0.39, 0.29) is 6.54 Å². The number of rotatable bonds is 6. The van der Waals surface area contributed by atoms with Gasteiger partial charge in [0.2, 0.25) is 5.91 Å². The van der Waals surface area contributed by atoms with Crippen LogP contribution in [0.4, 0.5) is 5.69 Å². The molecule has 1 aromatic rings. The Hall–Kier alpha value is -1.91. The van der Waals surface area contributed by atoms with E-state index in [1.54, 1.807) is 14.2 Å². The molecule has 100 valence electrons. The summed E-state index contributed by atoms with van der Waals surface area (Å²) in [6.07, 6.45) is 0. The number of methoxy groups -OCH3 is 2. The minimum absolute atomic E-state index is 0.0561. The molecule has 0 aromatic heterocycles. The van der Waals surface area contributed by atoms with E-state index in [4.69, 9.17) is 15.2 Å². The zero-order valence-electron chi connectivity index (χ0n) is 11.2. The first-order valence-electron chi connectivity index (χ1n) is 5.77. The van der Waals surface area contributed by atoms with Crippen LogP contribution >= 0.6 is 0 Å². The number of hydrogen-bond donors (Lipinski definition) is 2. The lowest BCUT2D eigenvalue weighted by molar-refractivity contribution is -0.116. The molecule has 18 heavy (non-hydrogen) atoms. The van der Waals surface area contributed by atoms with Crippen LogP contribution in [0.1, 0.15) is 25.3 Å². The van der Waals surface area contributed by atoms with E-state index < -0.39 is 5.91 Å². The number of carbonyl (C=O) groups excluding carboxylic acids is 1. The van der Waals surface area contributed by atoms with Gasteiger partial charge in [-0.15, -0.1) is 0 Å². The monoisotopic (exact) mass is 252 g/mol. The summed E-state index contributed by atoms with van der Waals surface area (Å²) in [6, 6.07) is 3.73. The molecule has 5 nitrogen and oxygen atoms in total. The number of hydrogen-bond acceptors (Lipinski definition) is 4. The summed E-state index contributed by atoms with van der Waals surface area (Å²) >= 11 is 0. The van der Waals surface area contributed by atoms with Crippen LogP contribution in [0.15, 0.2) is 12.1 Å². The van der Waals surface area contributed by atoms with Gasteiger partial charge in [-0.2, -0.15) is 0 Å². The standard InChI is InChI=1S/C13H20N2O3/c1-8(2)9-5-12(18-4)10(6-11(9)17-3)15-7-13(14)16/h5-6,8,15H,7H2,1-4H3,(H2,14,16). The van der Waals surface area contributed by atoms with Crippen molar-refractivity contribution in [1.82, 2.24) is 0 Å². The first-order chi connectivity index (χ1) is 8.49. The fourth-order valence-corrected chi connectivity index (χ4v) is 1.69. The Morgan fingerprint density at radius 2 is 1.89 bits per heavy atom. The molecule has 0 spiro atoms. The second-order valence-corrected chi connectivity index (χ2v) is 4.27. The molecule has 0 atom stereocenters. The van der Waals surface area contributed by atoms with Crippen molar-refractivity contribution in [3.63, 3.8) is 0 Å². The Balaban J connectivity index is 3.13. The lowest BCUT2D eigenvalue weighted by Gasteiger charge is -2.17. The van der Waals surface area contributed by atoms with E-state index in [0.717, 1.165) is 11.3 Å². The molecule has 0 bridgehead atoms. The number of primary amides is 1. The molecule has 1 aromatic carbocycles. The summed E-state index contributed by atoms with van der Waals surface area (Å²) in [5.74, 6) is 1.32. The lowest BCUT2D eigenvalue weighted by Crippen LogP contribution is -2.22. The molecule has 0 saturated heterocycles. The van der Waals surface area contributed by atoms with Crippen LogP contribution in [0.3, 0.4) is 0 Å². The number of carbonyl (C=O) groups is 1. The third-order valence-corrected chi connectivity index (χ3v) is 2.63. The van der Waals surface area contributed by atoms with Crippen LogP contribution in [0.2, 0.25) is 0 Å². The molecule has 0 fully saturated rings. The minimum Gasteiger partial charge on any atom is -0.496 e. The van der Waals surface area contributed by atoms with Crippen molar-refractivity contribution in [2.24, 2.45) is 5.73 Å². The normalized spacial score (nSPS) is 10.3. The van der Waals surface area contributed by atoms with Gasteiger partial charge in [0.25, 0.3) is 0 Å². The largest absolute Gasteiger partial charge is 0.496 e. The average molecular weight is 252 g/mol. The van der Waals surface area contributed by atoms with Crippen molar-refractivity contribution in [2.45, 2.75) is 19.8 Å². The van der Waals surface area contributed by atoms with Crippen molar-refractivity contribution >= 4 is 11.6 Å². The molecule has 0 saturated carbocycles. The molecule has 0 aliphatic rings. The number of nitrogens with one attached hydrogen (secondary N) is 1. The Kier molecular flexibility index (Phi) is 4.83. The van der Waals surface area contributed by atoms with Crippen LogP contribution in [-0.2, 0) is 4.79 Å². The van der Waals surface area contributed by atoms with E-state index in [2.05, 4.69) is 19.2 Å². The molecular weight excluding hydrogens is 232 g/mol. The molecular formula is C13H20N2O3. The zero-order valence-corrected chi connectivity index (χ0v) is 11.2. The SMILES string of the molecule is COc1cc(C(C)C)c(OC)cc1NCC(N)=O. The Labute approximate surface area is 107 Å². The van der Waals surface area contributed by atoms with E-state index in [0.29, 0.717) is 17.4 Å². The molecule has 0 heterocycles. The van der Waals surface area contributed by atoms with Gasteiger partial charge in [-0.3, -0.25) is 4.79 Å². The first kappa shape index (κ1) is 14.2. The van der Waals surface area contributed by atoms with E-state index in [1.165, 1.54) is 0 Å². The van der Waals surface area contributed by atoms with Crippen LogP contribution < -0.4 is 20.5 Å². The number of benzene rings is 1. The van der Waals surface area contributed by atoms with Gasteiger partial charge in [-0.25, -0.2) is 0 Å². The van der Waals surface area contributed by atoms with Gasteiger partial charge in [-0.1, -0.05) is 13.8 Å². The molecule has 0 radical (unpaired) electrons. The summed E-state index contributed by atoms with van der Waals surface area (Å²) in [7, 11) is 3.20. The number of nitrogens with two attached hydrogens (primary N) is 1. The smallest absolute Gasteiger partial charge is 0.236 e. The lowest BCUT2D eigenvalue weighted by atomic mass is 10.0. The maximum Gasteiger partial charge on any atom is 0.236 e. The van der Waals surface area contributed by atoms with E-state index >= 15 is 0 Å². The van der Waals surface area contributed by atoms with Gasteiger partial charge < -0.3 is 20.5 Å². The molecule has 0 aliphatic carbocycles. The molecule has 5 heteroatoms. The maximum absolute atomic E-state index is 10.8. The highest BCUT2D eigenvalue weighted by atomic mass is 16.5. The Morgan fingerprint density at radius 1 is 1.28 bits per heavy atom. The molecule has 1 rings (SSSR count). The minimum atomic E-state index is -0.427. The van der Waals surface area contributed by atoms with Gasteiger partial charge in [0, 0.05) is 11.6 Å². The predicted octanol–water partition coefficient (Wildman–Crippen LogP) is 1.72. The zero-order chi connectivity index (χ0) is 13.7. The van der Waals surface area contributed by atoms with Gasteiger partial charge >= 0.3 is 0 Å². The summed E-state index contributed by atoms with van der Waals surface area (Å²) in [4.78, 5) is 10.8. The Morgan fingerprint density at radius 3 is 2.33 bits per heavy atom. The van der Waals surface area contributed by atoms with Crippen molar-refractivity contribution < 1.29 is 14.3 Å². The third-order valence-electron chi connectivity index (χ3n) is 2.63. The topological polar surface area (TPSA) is 73.6 Å². The van der Waals surface area contributed by atoms with Gasteiger partial charge in [0.15, 0.2) is 0 Å². The van der Waals surface area contributed by atoms with Gasteiger partial charge in [0.1, 0.15) is 11.5 Å². The highest BCUT2D eigenvalue weighted by molar-refractivity contribution is 5.79. The number of ether oxygens (including phenoxy) is 2. The number of amides is 1. The van der Waals surface area contributed by atoms with Crippen LogP contribution in [0.25, 0.3) is 0 Å². The van der Waals surface area contributed by atoms with Gasteiger partial charge in [0.05, 0.1) is 26.5 Å². The summed E-state index contributed by atoms with van der Waals surface area (Å²) in [6.45, 7) is 4.21. The highest BCUT2D eigenvalue weighted by Gasteiger charge is 2.13. The first-order valence-corrected chi connectivity index (χ1v) is 5.77. The second kappa shape index (κ2) is 6.14. The van der Waals surface area contributed by atoms with Crippen LogP contribution in [0.5, 0.6) is 11.5 Å². The molecule has 3 N–H and O–H groups in total. The summed E-state index contributed by atoms with van der Waals surface area (Å²) < 4.78 is 10.6. The van der Waals surface area contributed by atoms with Crippen LogP contribution in [-0.4, -0.2) is 26.7 Å². The second-order valence-electron chi connectivity index (χ2n) is 4.27. The molecule has 1 amide bonds. The van der Waals surface area contributed by atoms with Crippen molar-refractivity contribution in [3.8, 4) is 11.5 Å². The average Bonchev–Trinajstić information content (AvgIpc) is 2.34. The maximum atomic E-state index is 10.8. The highest BCUT2D eigenvalue weighted by Crippen LogP contribution is 2.36. The van der Waals surface area contributed by atoms with E-state index in [1.807, 2.05) is 12.1 Å². The summed E-state index contributed by atoms with van der Waals surface area (Å²) in [5, 5.41) is 2.92. The molecule has 0 unspecified atom stereocenters. The van der Waals surface area contributed by atoms with Crippen molar-refractivity contribution in [2.75, 3.05) is 26.1 Å². The van der Waals surface area contributed by atoms with Crippen LogP contribution in [0, 0.1) is 0 Å². The number of anilines is 1. The fourth-order valence-electron chi connectivity index (χ4n) is 1.69. The predicted molar refractivity (Wildman–Crippen MR) is 71.3 cm³/mol. The van der Waals surface area contributed by atoms with Crippen molar-refractivity contribution in [3.05, 3.63) is 17.7 Å². The fraction of sp³-hybridized carbons (Fsp3) is 0.462. The third kappa shape index (κ3) is 3.29. The van der Waals surface area contributed by atoms with Crippen molar-refractivity contribution in [1.29, 1.82) is 0 Å².